The van der Waals surface area contributed by atoms with Gasteiger partial charge < -0.3 is 5.32 Å². The summed E-state index contributed by atoms with van der Waals surface area (Å²) in [5, 5.41) is 5.09. The van der Waals surface area contributed by atoms with Crippen molar-refractivity contribution in [3.8, 4) is 0 Å². The summed E-state index contributed by atoms with van der Waals surface area (Å²) in [5.41, 5.74) is 1.52. The average Bonchev–Trinajstić information content (AvgIpc) is 2.79. The van der Waals surface area contributed by atoms with Crippen LogP contribution in [0, 0.1) is 5.92 Å². The normalized spacial score (nSPS) is 22.6. The fraction of sp³-hybridized carbons (Fsp3) is 0.812. The summed E-state index contributed by atoms with van der Waals surface area (Å²) in [6.07, 6.45) is 10.7. The summed E-state index contributed by atoms with van der Waals surface area (Å²) in [6, 6.07) is 0. The molecule has 2 aliphatic carbocycles. The smallest absolute Gasteiger partial charge is 0.113 e. The lowest BCUT2D eigenvalue weighted by atomic mass is 9.76. The SMILES string of the molecule is CCNC(C)(CC1CCC1)c1nc2c(s1)CCCC2. The van der Waals surface area contributed by atoms with Gasteiger partial charge in [0.2, 0.25) is 0 Å². The highest BCUT2D eigenvalue weighted by atomic mass is 32.1. The maximum Gasteiger partial charge on any atom is 0.113 e. The summed E-state index contributed by atoms with van der Waals surface area (Å²) in [5.74, 6) is 0.921. The molecule has 0 bridgehead atoms. The van der Waals surface area contributed by atoms with Crippen molar-refractivity contribution in [2.24, 2.45) is 5.92 Å². The summed E-state index contributed by atoms with van der Waals surface area (Å²) in [7, 11) is 0. The molecule has 0 radical (unpaired) electrons. The molecule has 2 aliphatic rings. The number of aryl methyl sites for hydroxylation is 2. The van der Waals surface area contributed by atoms with Crippen LogP contribution in [-0.4, -0.2) is 11.5 Å². The van der Waals surface area contributed by atoms with E-state index in [1.54, 1.807) is 4.88 Å². The minimum absolute atomic E-state index is 0.113. The molecule has 0 spiro atoms. The summed E-state index contributed by atoms with van der Waals surface area (Å²) in [4.78, 5) is 6.58. The van der Waals surface area contributed by atoms with E-state index >= 15 is 0 Å². The third kappa shape index (κ3) is 2.73. The molecule has 106 valence electrons. The van der Waals surface area contributed by atoms with Gasteiger partial charge in [-0.15, -0.1) is 11.3 Å². The van der Waals surface area contributed by atoms with Crippen LogP contribution >= 0.6 is 11.3 Å². The predicted molar refractivity (Wildman–Crippen MR) is 81.7 cm³/mol. The van der Waals surface area contributed by atoms with Crippen LogP contribution in [0.4, 0.5) is 0 Å². The molecular weight excluding hydrogens is 252 g/mol. The van der Waals surface area contributed by atoms with Gasteiger partial charge in [0.05, 0.1) is 11.2 Å². The van der Waals surface area contributed by atoms with Crippen molar-refractivity contribution in [3.05, 3.63) is 15.6 Å². The minimum atomic E-state index is 0.113. The van der Waals surface area contributed by atoms with Gasteiger partial charge in [-0.25, -0.2) is 4.98 Å². The van der Waals surface area contributed by atoms with Crippen LogP contribution < -0.4 is 5.32 Å². The molecular formula is C16H26N2S. The van der Waals surface area contributed by atoms with E-state index in [1.165, 1.54) is 62.1 Å². The minimum Gasteiger partial charge on any atom is -0.306 e. The molecule has 1 heterocycles. The van der Waals surface area contributed by atoms with Gasteiger partial charge in [0.1, 0.15) is 5.01 Å². The lowest BCUT2D eigenvalue weighted by molar-refractivity contribution is 0.205. The van der Waals surface area contributed by atoms with E-state index in [4.69, 9.17) is 4.98 Å². The van der Waals surface area contributed by atoms with Gasteiger partial charge in [-0.1, -0.05) is 26.2 Å². The zero-order valence-electron chi connectivity index (χ0n) is 12.3. The van der Waals surface area contributed by atoms with E-state index in [0.29, 0.717) is 0 Å². The highest BCUT2D eigenvalue weighted by molar-refractivity contribution is 7.11. The van der Waals surface area contributed by atoms with Gasteiger partial charge in [0.15, 0.2) is 0 Å². The van der Waals surface area contributed by atoms with Gasteiger partial charge in [-0.3, -0.25) is 0 Å². The highest BCUT2D eigenvalue weighted by Crippen LogP contribution is 2.40. The number of rotatable bonds is 5. The maximum absolute atomic E-state index is 5.01. The van der Waals surface area contributed by atoms with Crippen molar-refractivity contribution in [2.45, 2.75) is 70.8 Å². The highest BCUT2D eigenvalue weighted by Gasteiger charge is 2.35. The Morgan fingerprint density at radius 3 is 2.68 bits per heavy atom. The quantitative estimate of drug-likeness (QED) is 0.879. The number of thiazole rings is 1. The lowest BCUT2D eigenvalue weighted by Crippen LogP contribution is -2.42. The van der Waals surface area contributed by atoms with Gasteiger partial charge in [0, 0.05) is 4.88 Å². The second-order valence-electron chi connectivity index (χ2n) is 6.46. The Morgan fingerprint density at radius 1 is 1.26 bits per heavy atom. The molecule has 1 unspecified atom stereocenters. The molecule has 2 nitrogen and oxygen atoms in total. The molecule has 3 rings (SSSR count). The van der Waals surface area contributed by atoms with Crippen molar-refractivity contribution in [1.29, 1.82) is 0 Å². The standard InChI is InChI=1S/C16H26N2S/c1-3-17-16(2,11-12-7-6-8-12)15-18-13-9-4-5-10-14(13)19-15/h12,17H,3-11H2,1-2H3. The first-order valence-electron chi connectivity index (χ1n) is 7.95. The molecule has 1 fully saturated rings. The van der Waals surface area contributed by atoms with Gasteiger partial charge >= 0.3 is 0 Å². The monoisotopic (exact) mass is 278 g/mol. The molecule has 0 saturated heterocycles. The Kier molecular flexibility index (Phi) is 3.95. The summed E-state index contributed by atoms with van der Waals surface area (Å²) < 4.78 is 0. The number of aromatic nitrogens is 1. The molecule has 0 amide bonds. The Balaban J connectivity index is 1.83. The van der Waals surface area contributed by atoms with Crippen molar-refractivity contribution < 1.29 is 0 Å². The van der Waals surface area contributed by atoms with Crippen LogP contribution in [0.1, 0.15) is 68.0 Å². The number of hydrogen-bond acceptors (Lipinski definition) is 3. The van der Waals surface area contributed by atoms with E-state index < -0.39 is 0 Å². The molecule has 1 atom stereocenters. The molecule has 0 aromatic carbocycles. The van der Waals surface area contributed by atoms with E-state index in [9.17, 15) is 0 Å². The molecule has 1 N–H and O–H groups in total. The van der Waals surface area contributed by atoms with Crippen LogP contribution in [0.5, 0.6) is 0 Å². The Hall–Kier alpha value is -0.410. The Labute approximate surface area is 121 Å². The molecule has 19 heavy (non-hydrogen) atoms. The van der Waals surface area contributed by atoms with Crippen LogP contribution in [0.3, 0.4) is 0 Å². The van der Waals surface area contributed by atoms with E-state index in [2.05, 4.69) is 19.2 Å². The van der Waals surface area contributed by atoms with Gasteiger partial charge in [0.25, 0.3) is 0 Å². The first-order chi connectivity index (χ1) is 9.21. The third-order valence-corrected chi connectivity index (χ3v) is 6.23. The van der Waals surface area contributed by atoms with Crippen LogP contribution in [0.2, 0.25) is 0 Å². The zero-order valence-corrected chi connectivity index (χ0v) is 13.1. The van der Waals surface area contributed by atoms with Gasteiger partial charge in [-0.2, -0.15) is 0 Å². The fourth-order valence-electron chi connectivity index (χ4n) is 3.49. The van der Waals surface area contributed by atoms with Crippen molar-refractivity contribution >= 4 is 11.3 Å². The number of fused-ring (bicyclic) bond motifs is 1. The largest absolute Gasteiger partial charge is 0.306 e. The second kappa shape index (κ2) is 5.53. The number of hydrogen-bond donors (Lipinski definition) is 1. The molecule has 3 heteroatoms. The van der Waals surface area contributed by atoms with Crippen LogP contribution in [0.15, 0.2) is 0 Å². The molecule has 1 aromatic heterocycles. The Bertz CT molecular complexity index is 412. The molecule has 1 saturated carbocycles. The number of nitrogens with zero attached hydrogens (tertiary/aromatic N) is 1. The van der Waals surface area contributed by atoms with E-state index in [1.807, 2.05) is 11.3 Å². The van der Waals surface area contributed by atoms with Crippen LogP contribution in [0.25, 0.3) is 0 Å². The van der Waals surface area contributed by atoms with Gasteiger partial charge in [-0.05, 0) is 51.5 Å². The summed E-state index contributed by atoms with van der Waals surface area (Å²) in [6.45, 7) is 5.62. The summed E-state index contributed by atoms with van der Waals surface area (Å²) >= 11 is 1.99. The van der Waals surface area contributed by atoms with Crippen LogP contribution in [-0.2, 0) is 18.4 Å². The third-order valence-electron chi connectivity index (χ3n) is 4.81. The number of nitrogens with one attached hydrogen (secondary N) is 1. The molecule has 0 aliphatic heterocycles. The zero-order chi connectivity index (χ0) is 13.3. The predicted octanol–water partition coefficient (Wildman–Crippen LogP) is 4.04. The fourth-order valence-corrected chi connectivity index (χ4v) is 4.77. The Morgan fingerprint density at radius 2 is 2.05 bits per heavy atom. The van der Waals surface area contributed by atoms with E-state index in [0.717, 1.165) is 12.5 Å². The molecule has 1 aromatic rings. The van der Waals surface area contributed by atoms with E-state index in [-0.39, 0.29) is 5.54 Å². The average molecular weight is 278 g/mol. The second-order valence-corrected chi connectivity index (χ2v) is 7.54. The topological polar surface area (TPSA) is 24.9 Å². The first kappa shape index (κ1) is 13.6. The maximum atomic E-state index is 5.01. The first-order valence-corrected chi connectivity index (χ1v) is 8.77. The lowest BCUT2D eigenvalue weighted by Gasteiger charge is -2.36. The van der Waals surface area contributed by atoms with Crippen molar-refractivity contribution in [2.75, 3.05) is 6.54 Å². The van der Waals surface area contributed by atoms with Crippen molar-refractivity contribution in [3.63, 3.8) is 0 Å². The van der Waals surface area contributed by atoms with Crippen molar-refractivity contribution in [1.82, 2.24) is 10.3 Å².